The summed E-state index contributed by atoms with van der Waals surface area (Å²) in [5, 5.41) is 7.91. The van der Waals surface area contributed by atoms with Crippen LogP contribution in [0.3, 0.4) is 0 Å². The molecule has 0 atom stereocenters. The second kappa shape index (κ2) is 4.65. The van der Waals surface area contributed by atoms with Gasteiger partial charge < -0.3 is 0 Å². The van der Waals surface area contributed by atoms with Crippen molar-refractivity contribution in [3.8, 4) is 0 Å². The number of para-hydroxylation sites is 1. The smallest absolute Gasteiger partial charge is 0.253 e. The average Bonchev–Trinajstić information content (AvgIpc) is 2.85. The van der Waals surface area contributed by atoms with Gasteiger partial charge in [-0.25, -0.2) is 0 Å². The Labute approximate surface area is 110 Å². The highest BCUT2D eigenvalue weighted by molar-refractivity contribution is 5.89. The molecular weight excluding hydrogens is 238 g/mol. The van der Waals surface area contributed by atoms with E-state index in [1.54, 1.807) is 0 Å². The molecule has 3 rings (SSSR count). The monoisotopic (exact) mass is 251 g/mol. The molecule has 0 fully saturated rings. The Bertz CT molecular complexity index is 728. The zero-order valence-electron chi connectivity index (χ0n) is 10.6. The summed E-state index contributed by atoms with van der Waals surface area (Å²) in [5.41, 5.74) is 3.65. The van der Waals surface area contributed by atoms with E-state index in [0.29, 0.717) is 6.42 Å². The van der Waals surface area contributed by atoms with Crippen LogP contribution in [-0.4, -0.2) is 20.9 Å². The topological polar surface area (TPSA) is 47.8 Å². The van der Waals surface area contributed by atoms with Gasteiger partial charge in [0, 0.05) is 0 Å². The van der Waals surface area contributed by atoms with Gasteiger partial charge in [0.15, 0.2) is 0 Å². The van der Waals surface area contributed by atoms with Crippen LogP contribution >= 0.6 is 0 Å². The molecule has 4 nitrogen and oxygen atoms in total. The first kappa shape index (κ1) is 11.6. The van der Waals surface area contributed by atoms with Crippen molar-refractivity contribution >= 4 is 16.9 Å². The van der Waals surface area contributed by atoms with Crippen LogP contribution in [0.2, 0.25) is 0 Å². The van der Waals surface area contributed by atoms with E-state index in [9.17, 15) is 4.79 Å². The van der Waals surface area contributed by atoms with Gasteiger partial charge >= 0.3 is 0 Å². The number of nitrogens with zero attached hydrogens (tertiary/aromatic N) is 3. The summed E-state index contributed by atoms with van der Waals surface area (Å²) in [4.78, 5) is 12.2. The molecule has 1 aromatic heterocycles. The second-order valence-electron chi connectivity index (χ2n) is 4.55. The van der Waals surface area contributed by atoms with Gasteiger partial charge in [-0.15, -0.1) is 5.10 Å². The molecule has 0 saturated carbocycles. The van der Waals surface area contributed by atoms with Crippen molar-refractivity contribution in [3.63, 3.8) is 0 Å². The molecule has 1 heterocycles. The Morgan fingerprint density at radius 2 is 1.84 bits per heavy atom. The first-order chi connectivity index (χ1) is 9.24. The lowest BCUT2D eigenvalue weighted by atomic mass is 10.1. The quantitative estimate of drug-likeness (QED) is 0.703. The van der Waals surface area contributed by atoms with Crippen molar-refractivity contribution in [3.05, 3.63) is 59.7 Å². The number of hydrogen-bond donors (Lipinski definition) is 0. The van der Waals surface area contributed by atoms with Gasteiger partial charge in [0.2, 0.25) is 0 Å². The molecule has 0 aliphatic carbocycles. The van der Waals surface area contributed by atoms with E-state index in [1.165, 1.54) is 10.2 Å². The predicted molar refractivity (Wildman–Crippen MR) is 73.0 cm³/mol. The average molecular weight is 251 g/mol. The Morgan fingerprint density at radius 1 is 1.11 bits per heavy atom. The van der Waals surface area contributed by atoms with Crippen LogP contribution < -0.4 is 0 Å². The molecule has 0 aliphatic heterocycles. The summed E-state index contributed by atoms with van der Waals surface area (Å²) < 4.78 is 1.37. The van der Waals surface area contributed by atoms with Crippen LogP contribution in [0.5, 0.6) is 0 Å². The fourth-order valence-electron chi connectivity index (χ4n) is 2.01. The molecule has 0 N–H and O–H groups in total. The lowest BCUT2D eigenvalue weighted by Crippen LogP contribution is -2.15. The maximum atomic E-state index is 12.2. The van der Waals surface area contributed by atoms with Crippen molar-refractivity contribution in [2.45, 2.75) is 13.3 Å². The van der Waals surface area contributed by atoms with Gasteiger partial charge in [-0.2, -0.15) is 4.68 Å². The molecule has 0 saturated heterocycles. The zero-order valence-corrected chi connectivity index (χ0v) is 10.6. The van der Waals surface area contributed by atoms with Crippen molar-refractivity contribution in [2.75, 3.05) is 0 Å². The molecule has 0 amide bonds. The minimum Gasteiger partial charge on any atom is -0.272 e. The third-order valence-corrected chi connectivity index (χ3v) is 3.06. The van der Waals surface area contributed by atoms with E-state index in [4.69, 9.17) is 0 Å². The van der Waals surface area contributed by atoms with Crippen LogP contribution in [-0.2, 0) is 6.42 Å². The second-order valence-corrected chi connectivity index (χ2v) is 4.55. The van der Waals surface area contributed by atoms with Gasteiger partial charge in [-0.1, -0.05) is 47.2 Å². The van der Waals surface area contributed by atoms with Gasteiger partial charge in [0.1, 0.15) is 5.52 Å². The third-order valence-electron chi connectivity index (χ3n) is 3.06. The normalized spacial score (nSPS) is 10.8. The number of carbonyl (C=O) groups is 1. The Balaban J connectivity index is 1.90. The molecule has 0 unspecified atom stereocenters. The number of carbonyl (C=O) groups excluding carboxylic acids is 1. The van der Waals surface area contributed by atoms with Crippen molar-refractivity contribution in [1.29, 1.82) is 0 Å². The van der Waals surface area contributed by atoms with Crippen molar-refractivity contribution < 1.29 is 4.79 Å². The zero-order chi connectivity index (χ0) is 13.2. The minimum absolute atomic E-state index is 0.0717. The fourth-order valence-corrected chi connectivity index (χ4v) is 2.01. The maximum Gasteiger partial charge on any atom is 0.253 e. The molecule has 0 radical (unpaired) electrons. The molecule has 2 aromatic carbocycles. The highest BCUT2D eigenvalue weighted by atomic mass is 16.2. The molecule has 0 aliphatic rings. The van der Waals surface area contributed by atoms with Crippen LogP contribution in [0.4, 0.5) is 0 Å². The van der Waals surface area contributed by atoms with E-state index < -0.39 is 0 Å². The first-order valence-corrected chi connectivity index (χ1v) is 6.13. The van der Waals surface area contributed by atoms with E-state index in [1.807, 2.05) is 55.5 Å². The highest BCUT2D eigenvalue weighted by Crippen LogP contribution is 2.11. The number of fused-ring (bicyclic) bond motifs is 1. The van der Waals surface area contributed by atoms with Crippen LogP contribution in [0.1, 0.15) is 15.9 Å². The van der Waals surface area contributed by atoms with E-state index in [-0.39, 0.29) is 5.91 Å². The molecule has 0 bridgehead atoms. The van der Waals surface area contributed by atoms with Gasteiger partial charge in [0.05, 0.1) is 11.9 Å². The Morgan fingerprint density at radius 3 is 2.63 bits per heavy atom. The van der Waals surface area contributed by atoms with E-state index >= 15 is 0 Å². The summed E-state index contributed by atoms with van der Waals surface area (Å²) in [6.45, 7) is 2.02. The maximum absolute atomic E-state index is 12.2. The number of aromatic nitrogens is 3. The largest absolute Gasteiger partial charge is 0.272 e. The molecule has 4 heteroatoms. The number of rotatable bonds is 2. The highest BCUT2D eigenvalue weighted by Gasteiger charge is 2.11. The van der Waals surface area contributed by atoms with E-state index in [0.717, 1.165) is 16.6 Å². The summed E-state index contributed by atoms with van der Waals surface area (Å²) in [5.74, 6) is -0.0717. The Kier molecular flexibility index (Phi) is 2.83. The Hall–Kier alpha value is -2.49. The van der Waals surface area contributed by atoms with Crippen LogP contribution in [0, 0.1) is 6.92 Å². The molecule has 19 heavy (non-hydrogen) atoms. The van der Waals surface area contributed by atoms with Crippen LogP contribution in [0.15, 0.2) is 48.5 Å². The predicted octanol–water partition coefficient (Wildman–Crippen LogP) is 2.62. The minimum atomic E-state index is -0.0717. The number of aryl methyl sites for hydroxylation is 1. The summed E-state index contributed by atoms with van der Waals surface area (Å²) in [7, 11) is 0. The van der Waals surface area contributed by atoms with Gasteiger partial charge in [-0.3, -0.25) is 4.79 Å². The lowest BCUT2D eigenvalue weighted by Gasteiger charge is -2.02. The molecule has 0 spiro atoms. The summed E-state index contributed by atoms with van der Waals surface area (Å²) in [6.07, 6.45) is 0.327. The van der Waals surface area contributed by atoms with Crippen molar-refractivity contribution in [1.82, 2.24) is 15.0 Å². The van der Waals surface area contributed by atoms with Crippen molar-refractivity contribution in [2.24, 2.45) is 0 Å². The number of benzene rings is 2. The summed E-state index contributed by atoms with van der Waals surface area (Å²) in [6, 6.07) is 15.4. The summed E-state index contributed by atoms with van der Waals surface area (Å²) >= 11 is 0. The standard InChI is InChI=1S/C15H13N3O/c1-11-6-8-12(9-7-11)10-15(19)18-14-5-3-2-4-13(14)16-17-18/h2-9H,10H2,1H3. The molecular formula is C15H13N3O. The van der Waals surface area contributed by atoms with Crippen LogP contribution in [0.25, 0.3) is 11.0 Å². The van der Waals surface area contributed by atoms with Gasteiger partial charge in [0.25, 0.3) is 5.91 Å². The SMILES string of the molecule is Cc1ccc(CC(=O)n2nnc3ccccc32)cc1. The fraction of sp³-hybridized carbons (Fsp3) is 0.133. The third kappa shape index (κ3) is 2.25. The number of hydrogen-bond acceptors (Lipinski definition) is 3. The molecule has 3 aromatic rings. The lowest BCUT2D eigenvalue weighted by molar-refractivity contribution is 0.0901. The van der Waals surface area contributed by atoms with E-state index in [2.05, 4.69) is 10.3 Å². The molecule has 94 valence electrons. The first-order valence-electron chi connectivity index (χ1n) is 6.13. The van der Waals surface area contributed by atoms with Gasteiger partial charge in [-0.05, 0) is 24.6 Å².